The summed E-state index contributed by atoms with van der Waals surface area (Å²) in [5.74, 6) is -0.677. The van der Waals surface area contributed by atoms with Gasteiger partial charge in [-0.05, 0) is 32.9 Å². The number of esters is 1. The van der Waals surface area contributed by atoms with Crippen molar-refractivity contribution in [3.05, 3.63) is 35.4 Å². The van der Waals surface area contributed by atoms with E-state index >= 15 is 0 Å². The van der Waals surface area contributed by atoms with Crippen molar-refractivity contribution >= 4 is 24.0 Å². The van der Waals surface area contributed by atoms with Crippen LogP contribution in [0.2, 0.25) is 0 Å². The molecule has 2 rings (SSSR count). The summed E-state index contributed by atoms with van der Waals surface area (Å²) in [5.41, 5.74) is 0.601. The van der Waals surface area contributed by atoms with Crippen molar-refractivity contribution < 1.29 is 23.9 Å². The molecule has 0 aliphatic carbocycles. The van der Waals surface area contributed by atoms with Crippen LogP contribution in [-0.2, 0) is 14.3 Å². The van der Waals surface area contributed by atoms with Gasteiger partial charge in [0.05, 0.1) is 5.57 Å². The first-order valence-electron chi connectivity index (χ1n) is 7.46. The number of carbonyl (C=O) groups excluding carboxylic acids is 3. The van der Waals surface area contributed by atoms with Crippen LogP contribution < -0.4 is 15.4 Å². The maximum Gasteiger partial charge on any atom is 0.338 e. The van der Waals surface area contributed by atoms with Crippen molar-refractivity contribution in [3.63, 3.8) is 0 Å². The van der Waals surface area contributed by atoms with Gasteiger partial charge in [-0.3, -0.25) is 10.1 Å². The van der Waals surface area contributed by atoms with Gasteiger partial charge in [0.25, 0.3) is 5.91 Å². The molecular formula is C17H20N2O5. The van der Waals surface area contributed by atoms with Crippen LogP contribution >= 0.6 is 0 Å². The highest BCUT2D eigenvalue weighted by atomic mass is 16.5. The summed E-state index contributed by atoms with van der Waals surface area (Å²) in [6.45, 7) is 4.87. The highest BCUT2D eigenvalue weighted by Gasteiger charge is 2.20. The Bertz CT molecular complexity index is 688. The predicted octanol–water partition coefficient (Wildman–Crippen LogP) is 1.63. The number of benzene rings is 1. The number of imide groups is 1. The van der Waals surface area contributed by atoms with Crippen molar-refractivity contribution in [3.8, 4) is 5.75 Å². The van der Waals surface area contributed by atoms with Gasteiger partial charge in [-0.25, -0.2) is 9.59 Å². The molecule has 7 heteroatoms. The average molecular weight is 332 g/mol. The third-order valence-electron chi connectivity index (χ3n) is 2.97. The molecule has 0 fully saturated rings. The van der Waals surface area contributed by atoms with Gasteiger partial charge in [0, 0.05) is 11.1 Å². The van der Waals surface area contributed by atoms with Crippen LogP contribution in [-0.4, -0.2) is 36.7 Å². The van der Waals surface area contributed by atoms with Gasteiger partial charge in [-0.2, -0.15) is 0 Å². The Hall–Kier alpha value is -2.83. The fourth-order valence-corrected chi connectivity index (χ4v) is 1.99. The molecule has 3 amide bonds. The molecule has 1 aromatic carbocycles. The Labute approximate surface area is 140 Å². The van der Waals surface area contributed by atoms with E-state index in [1.807, 2.05) is 18.2 Å². The van der Waals surface area contributed by atoms with Crippen molar-refractivity contribution in [1.82, 2.24) is 10.6 Å². The van der Waals surface area contributed by atoms with Gasteiger partial charge < -0.3 is 14.8 Å². The molecule has 0 aromatic heterocycles. The summed E-state index contributed by atoms with van der Waals surface area (Å²) in [7, 11) is 0. The van der Waals surface area contributed by atoms with E-state index in [0.29, 0.717) is 11.3 Å². The molecule has 0 saturated carbocycles. The van der Waals surface area contributed by atoms with E-state index in [0.717, 1.165) is 5.56 Å². The summed E-state index contributed by atoms with van der Waals surface area (Å²) in [5, 5.41) is 4.66. The van der Waals surface area contributed by atoms with E-state index in [-0.39, 0.29) is 6.61 Å². The number of hydrogen-bond donors (Lipinski definition) is 2. The average Bonchev–Trinajstić information content (AvgIpc) is 2.50. The molecule has 0 unspecified atom stereocenters. The van der Waals surface area contributed by atoms with Crippen LogP contribution in [0.25, 0.3) is 6.08 Å². The molecule has 1 aliphatic rings. The van der Waals surface area contributed by atoms with E-state index in [4.69, 9.17) is 9.47 Å². The number of ether oxygens (including phenoxy) is 2. The molecule has 0 atom stereocenters. The summed E-state index contributed by atoms with van der Waals surface area (Å²) < 4.78 is 10.4. The van der Waals surface area contributed by atoms with E-state index in [1.165, 1.54) is 0 Å². The molecule has 128 valence electrons. The van der Waals surface area contributed by atoms with Gasteiger partial charge in [-0.15, -0.1) is 0 Å². The molecule has 0 spiro atoms. The van der Waals surface area contributed by atoms with Crippen molar-refractivity contribution in [2.24, 2.45) is 0 Å². The van der Waals surface area contributed by atoms with E-state index in [2.05, 4.69) is 10.6 Å². The first-order valence-corrected chi connectivity index (χ1v) is 7.46. The number of rotatable bonds is 3. The van der Waals surface area contributed by atoms with E-state index in [1.54, 1.807) is 32.9 Å². The molecule has 1 heterocycles. The second-order valence-electron chi connectivity index (χ2n) is 6.32. The second kappa shape index (κ2) is 7.16. The van der Waals surface area contributed by atoms with Crippen LogP contribution in [0.4, 0.5) is 4.79 Å². The fourth-order valence-electron chi connectivity index (χ4n) is 1.99. The number of para-hydroxylation sites is 1. The predicted molar refractivity (Wildman–Crippen MR) is 87.3 cm³/mol. The minimum Gasteiger partial charge on any atom is -0.488 e. The first-order chi connectivity index (χ1) is 11.2. The Morgan fingerprint density at radius 3 is 2.62 bits per heavy atom. The maximum atomic E-state index is 12.0. The van der Waals surface area contributed by atoms with Crippen molar-refractivity contribution in [2.75, 3.05) is 13.2 Å². The highest BCUT2D eigenvalue weighted by Crippen LogP contribution is 2.25. The van der Waals surface area contributed by atoms with Crippen LogP contribution in [0.3, 0.4) is 0 Å². The molecule has 1 aliphatic heterocycles. The minimum absolute atomic E-state index is 0.0714. The zero-order chi connectivity index (χ0) is 17.7. The van der Waals surface area contributed by atoms with Crippen molar-refractivity contribution in [2.45, 2.75) is 26.3 Å². The lowest BCUT2D eigenvalue weighted by molar-refractivity contribution is -0.144. The normalized spacial score (nSPS) is 13.0. The van der Waals surface area contributed by atoms with Crippen LogP contribution in [0.1, 0.15) is 26.3 Å². The topological polar surface area (TPSA) is 93.7 Å². The van der Waals surface area contributed by atoms with Gasteiger partial charge in [0.1, 0.15) is 12.4 Å². The molecule has 2 N–H and O–H groups in total. The summed E-state index contributed by atoms with van der Waals surface area (Å²) in [6.07, 6.45) is 1.66. The Morgan fingerprint density at radius 2 is 1.92 bits per heavy atom. The van der Waals surface area contributed by atoms with Crippen LogP contribution in [0.15, 0.2) is 29.8 Å². The molecule has 0 saturated heterocycles. The minimum atomic E-state index is -0.706. The van der Waals surface area contributed by atoms with Gasteiger partial charge in [0.2, 0.25) is 0 Å². The molecule has 0 bridgehead atoms. The van der Waals surface area contributed by atoms with Crippen molar-refractivity contribution in [1.29, 1.82) is 0 Å². The first kappa shape index (κ1) is 17.5. The Kier molecular flexibility index (Phi) is 5.23. The summed E-state index contributed by atoms with van der Waals surface area (Å²) in [6, 6.07) is 6.63. The molecular weight excluding hydrogens is 312 g/mol. The Balaban J connectivity index is 1.84. The van der Waals surface area contributed by atoms with Gasteiger partial charge in [-0.1, -0.05) is 18.2 Å². The van der Waals surface area contributed by atoms with Gasteiger partial charge >= 0.3 is 12.0 Å². The second-order valence-corrected chi connectivity index (χ2v) is 6.32. The summed E-state index contributed by atoms with van der Waals surface area (Å²) >= 11 is 0. The lowest BCUT2D eigenvalue weighted by atomic mass is 10.1. The molecule has 24 heavy (non-hydrogen) atoms. The molecule has 1 aromatic rings. The van der Waals surface area contributed by atoms with Gasteiger partial charge in [0.15, 0.2) is 6.61 Å². The van der Waals surface area contributed by atoms with Crippen LogP contribution in [0.5, 0.6) is 5.75 Å². The standard InChI is InChI=1S/C17H20N2O5/c1-17(2,3)19-16(22)18-14(20)10-24-15(21)12-8-11-6-4-5-7-13(11)23-9-12/h4-8H,9-10H2,1-3H3,(H2,18,19,20,22). The number of hydrogen-bond acceptors (Lipinski definition) is 5. The number of amides is 3. The Morgan fingerprint density at radius 1 is 1.21 bits per heavy atom. The van der Waals surface area contributed by atoms with E-state index in [9.17, 15) is 14.4 Å². The lowest BCUT2D eigenvalue weighted by Crippen LogP contribution is -2.49. The lowest BCUT2D eigenvalue weighted by Gasteiger charge is -2.20. The number of carbonyl (C=O) groups is 3. The number of nitrogens with one attached hydrogen (secondary N) is 2. The SMILES string of the molecule is CC(C)(C)NC(=O)NC(=O)COC(=O)C1=Cc2ccccc2OC1. The zero-order valence-corrected chi connectivity index (χ0v) is 13.8. The van der Waals surface area contributed by atoms with Crippen LogP contribution in [0, 0.1) is 0 Å². The summed E-state index contributed by atoms with van der Waals surface area (Å²) in [4.78, 5) is 35.1. The number of urea groups is 1. The quantitative estimate of drug-likeness (QED) is 0.821. The smallest absolute Gasteiger partial charge is 0.338 e. The molecule has 0 radical (unpaired) electrons. The highest BCUT2D eigenvalue weighted by molar-refractivity contribution is 5.98. The third-order valence-corrected chi connectivity index (χ3v) is 2.97. The largest absolute Gasteiger partial charge is 0.488 e. The maximum absolute atomic E-state index is 12.0. The monoisotopic (exact) mass is 332 g/mol. The third kappa shape index (κ3) is 5.12. The fraction of sp³-hybridized carbons (Fsp3) is 0.353. The molecule has 7 nitrogen and oxygen atoms in total. The zero-order valence-electron chi connectivity index (χ0n) is 13.8. The number of fused-ring (bicyclic) bond motifs is 1. The van der Waals surface area contributed by atoms with E-state index < -0.39 is 30.1 Å².